The number of piperazine rings is 1. The Kier molecular flexibility index (Phi) is 9.51. The second-order valence-electron chi connectivity index (χ2n) is 11.2. The lowest BCUT2D eigenvalue weighted by Crippen LogP contribution is -2.44. The molecule has 11 heteroatoms. The smallest absolute Gasteiger partial charge is 0.322 e. The number of anilines is 1. The number of hydrogen-bond donors (Lipinski definition) is 1. The largest absolute Gasteiger partial charge is 0.416 e. The maximum Gasteiger partial charge on any atom is 0.416 e. The summed E-state index contributed by atoms with van der Waals surface area (Å²) in [7, 11) is 1.98. The molecule has 1 aliphatic heterocycles. The molecule has 5 rings (SSSR count). The number of benzene rings is 3. The minimum Gasteiger partial charge on any atom is -0.322 e. The van der Waals surface area contributed by atoms with E-state index in [9.17, 15) is 31.1 Å². The maximum absolute atomic E-state index is 14.0. The van der Waals surface area contributed by atoms with Crippen molar-refractivity contribution in [2.24, 2.45) is 0 Å². The van der Waals surface area contributed by atoms with Gasteiger partial charge in [-0.1, -0.05) is 36.1 Å². The number of aromatic nitrogens is 1. The van der Waals surface area contributed by atoms with Gasteiger partial charge in [0, 0.05) is 73.1 Å². The van der Waals surface area contributed by atoms with Gasteiger partial charge in [-0.2, -0.15) is 26.3 Å². The fourth-order valence-electron chi connectivity index (χ4n) is 5.06. The van der Waals surface area contributed by atoms with Crippen molar-refractivity contribution in [3.63, 3.8) is 0 Å². The minimum atomic E-state index is -4.59. The van der Waals surface area contributed by atoms with Crippen LogP contribution in [0.25, 0.3) is 11.1 Å². The topological polar surface area (TPSA) is 48.5 Å². The van der Waals surface area contributed by atoms with Crippen LogP contribution in [-0.4, -0.2) is 53.9 Å². The predicted molar refractivity (Wildman–Crippen MR) is 164 cm³/mol. The van der Waals surface area contributed by atoms with Gasteiger partial charge in [0.25, 0.3) is 5.91 Å². The van der Waals surface area contributed by atoms with Crippen LogP contribution in [0.1, 0.15) is 43.7 Å². The number of rotatable bonds is 5. The summed E-state index contributed by atoms with van der Waals surface area (Å²) in [5.41, 5.74) is 1.77. The normalized spacial score (nSPS) is 14.4. The first-order valence-corrected chi connectivity index (χ1v) is 14.4. The Morgan fingerprint density at radius 3 is 2.22 bits per heavy atom. The van der Waals surface area contributed by atoms with Crippen molar-refractivity contribution in [1.29, 1.82) is 0 Å². The molecule has 1 aromatic heterocycles. The summed E-state index contributed by atoms with van der Waals surface area (Å²) in [6.07, 6.45) is -5.99. The molecule has 0 aliphatic carbocycles. The number of amides is 1. The van der Waals surface area contributed by atoms with E-state index in [4.69, 9.17) is 0 Å². The fraction of sp³-hybridized carbons (Fsp3) is 0.257. The molecule has 1 N–H and O–H groups in total. The molecule has 1 amide bonds. The van der Waals surface area contributed by atoms with Crippen molar-refractivity contribution >= 4 is 11.6 Å². The van der Waals surface area contributed by atoms with E-state index in [1.165, 1.54) is 36.7 Å². The number of nitrogens with one attached hydrogen (secondary N) is 1. The monoisotopic (exact) mass is 636 g/mol. The summed E-state index contributed by atoms with van der Waals surface area (Å²) in [5, 5.41) is 2.58. The van der Waals surface area contributed by atoms with Crippen LogP contribution in [0.3, 0.4) is 0 Å². The third kappa shape index (κ3) is 8.13. The van der Waals surface area contributed by atoms with E-state index in [1.54, 1.807) is 31.2 Å². The zero-order valence-corrected chi connectivity index (χ0v) is 25.1. The molecule has 4 aromatic rings. The Hall–Kier alpha value is -4.66. The molecule has 46 heavy (non-hydrogen) atoms. The molecular formula is C35H30F6N4O. The molecule has 1 fully saturated rings. The van der Waals surface area contributed by atoms with Gasteiger partial charge in [-0.05, 0) is 73.1 Å². The Balaban J connectivity index is 1.32. The van der Waals surface area contributed by atoms with Crippen LogP contribution in [0, 0.1) is 18.8 Å². The van der Waals surface area contributed by atoms with Crippen LogP contribution >= 0.6 is 0 Å². The summed E-state index contributed by atoms with van der Waals surface area (Å²) in [4.78, 5) is 21.4. The number of likely N-dealkylation sites (N-methyl/N-ethyl adjacent to an activating group) is 1. The van der Waals surface area contributed by atoms with Gasteiger partial charge in [0.2, 0.25) is 0 Å². The van der Waals surface area contributed by atoms with E-state index in [2.05, 4.69) is 27.0 Å². The predicted octanol–water partition coefficient (Wildman–Crippen LogP) is 7.49. The Bertz CT molecular complexity index is 1780. The summed E-state index contributed by atoms with van der Waals surface area (Å²) in [6.45, 7) is 4.88. The zero-order chi connectivity index (χ0) is 33.1. The van der Waals surface area contributed by atoms with Crippen molar-refractivity contribution in [2.45, 2.75) is 25.8 Å². The van der Waals surface area contributed by atoms with Gasteiger partial charge in [-0.25, -0.2) is 0 Å². The van der Waals surface area contributed by atoms with E-state index in [0.717, 1.165) is 36.9 Å². The van der Waals surface area contributed by atoms with Crippen LogP contribution in [0.2, 0.25) is 0 Å². The SMILES string of the molecule is Cc1ccc(C(=O)Nc2ccc(CN3CCN(C)CC3)c(C(F)(F)F)c2)cc1C#Cc1cncc(-c2ccc(C(F)(F)F)cc2)c1. The molecule has 0 saturated carbocycles. The van der Waals surface area contributed by atoms with Crippen LogP contribution < -0.4 is 5.32 Å². The van der Waals surface area contributed by atoms with Gasteiger partial charge in [-0.3, -0.25) is 14.7 Å². The molecule has 1 aliphatic rings. The highest BCUT2D eigenvalue weighted by Crippen LogP contribution is 2.35. The second kappa shape index (κ2) is 13.4. The molecule has 0 unspecified atom stereocenters. The molecule has 0 bridgehead atoms. The van der Waals surface area contributed by atoms with E-state index < -0.39 is 29.4 Å². The van der Waals surface area contributed by atoms with Gasteiger partial charge in [-0.15, -0.1) is 0 Å². The van der Waals surface area contributed by atoms with Crippen LogP contribution in [0.5, 0.6) is 0 Å². The van der Waals surface area contributed by atoms with E-state index in [0.29, 0.717) is 35.3 Å². The summed E-state index contributed by atoms with van der Waals surface area (Å²) in [5.74, 6) is 5.38. The number of alkyl halides is 6. The zero-order valence-electron chi connectivity index (χ0n) is 25.1. The van der Waals surface area contributed by atoms with Crippen LogP contribution in [0.15, 0.2) is 79.1 Å². The first-order valence-electron chi connectivity index (χ1n) is 14.4. The fourth-order valence-corrected chi connectivity index (χ4v) is 5.06. The third-order valence-corrected chi connectivity index (χ3v) is 7.79. The third-order valence-electron chi connectivity index (χ3n) is 7.79. The van der Waals surface area contributed by atoms with E-state index in [-0.39, 0.29) is 23.4 Å². The van der Waals surface area contributed by atoms with E-state index in [1.807, 2.05) is 11.9 Å². The lowest BCUT2D eigenvalue weighted by Gasteiger charge is -2.33. The lowest BCUT2D eigenvalue weighted by molar-refractivity contribution is -0.139. The maximum atomic E-state index is 14.0. The molecular weight excluding hydrogens is 606 g/mol. The standard InChI is InChI=1S/C35H30F6N4O/c1-23-3-5-27(18-26(23)6-4-24-17-29(21-42-20-24)25-7-10-30(11-8-25)34(36,37)38)33(46)43-31-12-9-28(32(19-31)35(39,40)41)22-45-15-13-44(2)14-16-45/h3,5,7-12,17-21H,13-16,22H2,1-2H3,(H,43,46). The molecule has 0 radical (unpaired) electrons. The molecule has 238 valence electrons. The summed E-state index contributed by atoms with van der Waals surface area (Å²) in [6, 6.07) is 15.1. The average molecular weight is 637 g/mol. The second-order valence-corrected chi connectivity index (χ2v) is 11.2. The Labute approximate surface area is 262 Å². The molecule has 0 spiro atoms. The molecule has 3 aromatic carbocycles. The van der Waals surface area contributed by atoms with Crippen molar-refractivity contribution < 1.29 is 31.1 Å². The number of aryl methyl sites for hydroxylation is 1. The van der Waals surface area contributed by atoms with Crippen molar-refractivity contribution in [3.05, 3.63) is 118 Å². The van der Waals surface area contributed by atoms with Gasteiger partial charge in [0.1, 0.15) is 0 Å². The highest BCUT2D eigenvalue weighted by molar-refractivity contribution is 6.04. The average Bonchev–Trinajstić information content (AvgIpc) is 3.01. The number of hydrogen-bond acceptors (Lipinski definition) is 4. The van der Waals surface area contributed by atoms with Gasteiger partial charge >= 0.3 is 12.4 Å². The highest BCUT2D eigenvalue weighted by Gasteiger charge is 2.34. The van der Waals surface area contributed by atoms with Gasteiger partial charge in [0.15, 0.2) is 0 Å². The number of halogens is 6. The van der Waals surface area contributed by atoms with Crippen LogP contribution in [-0.2, 0) is 18.9 Å². The van der Waals surface area contributed by atoms with Crippen molar-refractivity contribution in [1.82, 2.24) is 14.8 Å². The first kappa shape index (κ1) is 32.7. The minimum absolute atomic E-state index is 0.0267. The number of carbonyl (C=O) groups excluding carboxylic acids is 1. The van der Waals surface area contributed by atoms with E-state index >= 15 is 0 Å². The Morgan fingerprint density at radius 2 is 1.54 bits per heavy atom. The summed E-state index contributed by atoms with van der Waals surface area (Å²) < 4.78 is 80.8. The number of nitrogens with zero attached hydrogens (tertiary/aromatic N) is 3. The first-order chi connectivity index (χ1) is 21.8. The molecule has 0 atom stereocenters. The lowest BCUT2D eigenvalue weighted by atomic mass is 10.0. The van der Waals surface area contributed by atoms with Gasteiger partial charge < -0.3 is 10.2 Å². The quantitative estimate of drug-likeness (QED) is 0.182. The number of pyridine rings is 1. The molecule has 5 nitrogen and oxygen atoms in total. The number of carbonyl (C=O) groups is 1. The van der Waals surface area contributed by atoms with Crippen molar-refractivity contribution in [3.8, 4) is 23.0 Å². The summed E-state index contributed by atoms with van der Waals surface area (Å²) >= 11 is 0. The molecule has 1 saturated heterocycles. The van der Waals surface area contributed by atoms with Crippen molar-refractivity contribution in [2.75, 3.05) is 38.5 Å². The van der Waals surface area contributed by atoms with Crippen LogP contribution in [0.4, 0.5) is 32.0 Å². The highest BCUT2D eigenvalue weighted by atomic mass is 19.4. The van der Waals surface area contributed by atoms with Gasteiger partial charge in [0.05, 0.1) is 11.1 Å². The Morgan fingerprint density at radius 1 is 0.826 bits per heavy atom. The molecule has 2 heterocycles.